The van der Waals surface area contributed by atoms with Crippen LogP contribution in [0.4, 0.5) is 0 Å². The average Bonchev–Trinajstić information content (AvgIpc) is 3.29. The molecular weight excluding hydrogens is 372 g/mol. The molecule has 1 atom stereocenters. The number of aromatic amines is 1. The number of halogens is 1. The van der Waals surface area contributed by atoms with Crippen molar-refractivity contribution in [3.63, 3.8) is 0 Å². The second kappa shape index (κ2) is 8.21. The molecule has 0 fully saturated rings. The first kappa shape index (κ1) is 18.8. The van der Waals surface area contributed by atoms with E-state index in [4.69, 9.17) is 11.6 Å². The monoisotopic (exact) mass is 394 g/mol. The fourth-order valence-electron chi connectivity index (χ4n) is 3.93. The Kier molecular flexibility index (Phi) is 5.51. The van der Waals surface area contributed by atoms with E-state index >= 15 is 0 Å². The van der Waals surface area contributed by atoms with Crippen molar-refractivity contribution in [2.45, 2.75) is 25.3 Å². The zero-order chi connectivity index (χ0) is 19.5. The standard InChI is InChI=1S/C23H23ClN2O2/c1-28-23(27)9-3-15-2-6-19-16(12-15)4-8-21(19)25-11-10-17-14-26-22-13-18(24)5-7-20(17)22/h2-3,5-7,9,12-14,21,25-26H,4,8,10-11H2,1H3/b9-3+. The number of aryl methyl sites for hydroxylation is 1. The van der Waals surface area contributed by atoms with Gasteiger partial charge >= 0.3 is 5.97 Å². The van der Waals surface area contributed by atoms with E-state index in [0.29, 0.717) is 6.04 Å². The lowest BCUT2D eigenvalue weighted by Crippen LogP contribution is -2.21. The normalized spacial score (nSPS) is 16.0. The fraction of sp³-hybridized carbons (Fsp3) is 0.261. The molecule has 28 heavy (non-hydrogen) atoms. The van der Waals surface area contributed by atoms with Crippen LogP contribution in [0.1, 0.15) is 34.7 Å². The number of carbonyl (C=O) groups excluding carboxylic acids is 1. The molecule has 0 aliphatic heterocycles. The van der Waals surface area contributed by atoms with E-state index in [2.05, 4.69) is 45.5 Å². The number of aromatic nitrogens is 1. The van der Waals surface area contributed by atoms with E-state index in [-0.39, 0.29) is 5.97 Å². The molecule has 1 aliphatic carbocycles. The van der Waals surface area contributed by atoms with Crippen LogP contribution in [0.5, 0.6) is 0 Å². The molecule has 2 aromatic carbocycles. The van der Waals surface area contributed by atoms with Crippen molar-refractivity contribution in [1.82, 2.24) is 10.3 Å². The molecule has 4 nitrogen and oxygen atoms in total. The molecule has 3 aromatic rings. The summed E-state index contributed by atoms with van der Waals surface area (Å²) in [5.74, 6) is -0.334. The van der Waals surface area contributed by atoms with Gasteiger partial charge in [-0.25, -0.2) is 4.79 Å². The zero-order valence-corrected chi connectivity index (χ0v) is 16.6. The molecule has 0 saturated carbocycles. The smallest absolute Gasteiger partial charge is 0.330 e. The van der Waals surface area contributed by atoms with Crippen molar-refractivity contribution in [3.05, 3.63) is 75.9 Å². The summed E-state index contributed by atoms with van der Waals surface area (Å²) < 4.78 is 4.64. The number of H-pyrrole nitrogens is 1. The van der Waals surface area contributed by atoms with Crippen LogP contribution in [0.2, 0.25) is 5.02 Å². The minimum atomic E-state index is -0.334. The highest BCUT2D eigenvalue weighted by Gasteiger charge is 2.21. The molecule has 1 aromatic heterocycles. The fourth-order valence-corrected chi connectivity index (χ4v) is 4.10. The Bertz CT molecular complexity index is 1040. The van der Waals surface area contributed by atoms with Crippen molar-refractivity contribution < 1.29 is 9.53 Å². The number of nitrogens with one attached hydrogen (secondary N) is 2. The topological polar surface area (TPSA) is 54.1 Å². The minimum absolute atomic E-state index is 0.334. The minimum Gasteiger partial charge on any atom is -0.466 e. The Balaban J connectivity index is 1.38. The van der Waals surface area contributed by atoms with Crippen LogP contribution in [0.3, 0.4) is 0 Å². The maximum Gasteiger partial charge on any atom is 0.330 e. The molecule has 0 amide bonds. The Morgan fingerprint density at radius 3 is 3.07 bits per heavy atom. The first-order valence-corrected chi connectivity index (χ1v) is 9.89. The zero-order valence-electron chi connectivity index (χ0n) is 15.8. The van der Waals surface area contributed by atoms with Gasteiger partial charge in [-0.3, -0.25) is 0 Å². The van der Waals surface area contributed by atoms with Gasteiger partial charge in [0, 0.05) is 34.2 Å². The first-order valence-electron chi connectivity index (χ1n) is 9.52. The maximum atomic E-state index is 11.3. The van der Waals surface area contributed by atoms with Crippen molar-refractivity contribution in [1.29, 1.82) is 0 Å². The highest BCUT2D eigenvalue weighted by atomic mass is 35.5. The van der Waals surface area contributed by atoms with Gasteiger partial charge in [0.2, 0.25) is 0 Å². The molecule has 0 radical (unpaired) electrons. The third kappa shape index (κ3) is 3.98. The predicted octanol–water partition coefficient (Wildman–Crippen LogP) is 4.83. The summed E-state index contributed by atoms with van der Waals surface area (Å²) in [7, 11) is 1.39. The number of ether oxygens (including phenoxy) is 1. The lowest BCUT2D eigenvalue weighted by Gasteiger charge is -2.14. The summed E-state index contributed by atoms with van der Waals surface area (Å²) in [4.78, 5) is 14.6. The van der Waals surface area contributed by atoms with E-state index in [1.165, 1.54) is 35.3 Å². The Hall–Kier alpha value is -2.56. The van der Waals surface area contributed by atoms with E-state index in [9.17, 15) is 4.79 Å². The first-order chi connectivity index (χ1) is 13.6. The van der Waals surface area contributed by atoms with Crippen LogP contribution in [-0.2, 0) is 22.4 Å². The molecule has 0 spiro atoms. The lowest BCUT2D eigenvalue weighted by molar-refractivity contribution is -0.134. The number of hydrogen-bond donors (Lipinski definition) is 2. The lowest BCUT2D eigenvalue weighted by atomic mass is 10.0. The molecule has 1 heterocycles. The van der Waals surface area contributed by atoms with Gasteiger partial charge in [-0.1, -0.05) is 35.9 Å². The van der Waals surface area contributed by atoms with Gasteiger partial charge in [0.15, 0.2) is 0 Å². The maximum absolute atomic E-state index is 11.3. The summed E-state index contributed by atoms with van der Waals surface area (Å²) in [5, 5.41) is 5.69. The molecule has 0 saturated heterocycles. The number of carbonyl (C=O) groups is 1. The number of methoxy groups -OCH3 is 1. The van der Waals surface area contributed by atoms with Gasteiger partial charge < -0.3 is 15.0 Å². The van der Waals surface area contributed by atoms with Crippen molar-refractivity contribution in [2.75, 3.05) is 13.7 Å². The van der Waals surface area contributed by atoms with Crippen molar-refractivity contribution in [3.8, 4) is 0 Å². The Labute approximate surface area is 169 Å². The van der Waals surface area contributed by atoms with Gasteiger partial charge in [0.25, 0.3) is 0 Å². The average molecular weight is 395 g/mol. The van der Waals surface area contributed by atoms with Gasteiger partial charge in [0.1, 0.15) is 0 Å². The summed E-state index contributed by atoms with van der Waals surface area (Å²) in [6.45, 7) is 0.920. The van der Waals surface area contributed by atoms with Crippen LogP contribution < -0.4 is 5.32 Å². The highest BCUT2D eigenvalue weighted by Crippen LogP contribution is 2.32. The van der Waals surface area contributed by atoms with E-state index in [1.54, 1.807) is 6.08 Å². The van der Waals surface area contributed by atoms with Gasteiger partial charge in [-0.15, -0.1) is 0 Å². The number of fused-ring (bicyclic) bond motifs is 2. The largest absolute Gasteiger partial charge is 0.466 e. The van der Waals surface area contributed by atoms with E-state index in [1.807, 2.05) is 12.1 Å². The van der Waals surface area contributed by atoms with E-state index < -0.39 is 0 Å². The summed E-state index contributed by atoms with van der Waals surface area (Å²) in [5.41, 5.74) is 6.14. The number of hydrogen-bond acceptors (Lipinski definition) is 3. The molecule has 1 unspecified atom stereocenters. The van der Waals surface area contributed by atoms with Gasteiger partial charge in [-0.05, 0) is 66.3 Å². The predicted molar refractivity (Wildman–Crippen MR) is 114 cm³/mol. The molecule has 0 bridgehead atoms. The van der Waals surface area contributed by atoms with Crippen LogP contribution >= 0.6 is 11.6 Å². The number of rotatable bonds is 6. The Morgan fingerprint density at radius 1 is 1.32 bits per heavy atom. The van der Waals surface area contributed by atoms with Crippen molar-refractivity contribution in [2.24, 2.45) is 0 Å². The third-order valence-electron chi connectivity index (χ3n) is 5.37. The summed E-state index contributed by atoms with van der Waals surface area (Å²) in [6.07, 6.45) is 8.46. The van der Waals surface area contributed by atoms with Gasteiger partial charge in [0.05, 0.1) is 7.11 Å². The SMILES string of the molecule is COC(=O)/C=C/c1ccc2c(c1)CCC2NCCc1c[nH]c2cc(Cl)ccc12. The number of benzene rings is 2. The molecule has 144 valence electrons. The second-order valence-corrected chi connectivity index (χ2v) is 7.55. The molecule has 4 rings (SSSR count). The molecule has 2 N–H and O–H groups in total. The third-order valence-corrected chi connectivity index (χ3v) is 5.61. The van der Waals surface area contributed by atoms with Crippen LogP contribution in [0, 0.1) is 0 Å². The van der Waals surface area contributed by atoms with Crippen LogP contribution in [0.15, 0.2) is 48.7 Å². The second-order valence-electron chi connectivity index (χ2n) is 7.11. The van der Waals surface area contributed by atoms with Crippen LogP contribution in [0.25, 0.3) is 17.0 Å². The van der Waals surface area contributed by atoms with Gasteiger partial charge in [-0.2, -0.15) is 0 Å². The van der Waals surface area contributed by atoms with Crippen LogP contribution in [-0.4, -0.2) is 24.6 Å². The van der Waals surface area contributed by atoms with Crippen molar-refractivity contribution >= 4 is 34.5 Å². The molecular formula is C23H23ClN2O2. The summed E-state index contributed by atoms with van der Waals surface area (Å²) in [6, 6.07) is 12.8. The summed E-state index contributed by atoms with van der Waals surface area (Å²) >= 11 is 6.06. The highest BCUT2D eigenvalue weighted by molar-refractivity contribution is 6.31. The molecule has 1 aliphatic rings. The van der Waals surface area contributed by atoms with E-state index in [0.717, 1.165) is 41.9 Å². The Morgan fingerprint density at radius 2 is 2.21 bits per heavy atom. The quantitative estimate of drug-likeness (QED) is 0.465. The molecule has 5 heteroatoms. The number of esters is 1.